The minimum atomic E-state index is -0.908. The summed E-state index contributed by atoms with van der Waals surface area (Å²) in [5.74, 6) is -1.56. The molecule has 2 atom stereocenters. The first-order chi connectivity index (χ1) is 7.09. The van der Waals surface area contributed by atoms with Gasteiger partial charge in [-0.2, -0.15) is 0 Å². The summed E-state index contributed by atoms with van der Waals surface area (Å²) in [6.07, 6.45) is 0.405. The predicted molar refractivity (Wildman–Crippen MR) is 55.6 cm³/mol. The maximum Gasteiger partial charge on any atom is 0.309 e. The van der Waals surface area contributed by atoms with Crippen LogP contribution in [0.3, 0.4) is 0 Å². The highest BCUT2D eigenvalue weighted by Crippen LogP contribution is 2.34. The summed E-state index contributed by atoms with van der Waals surface area (Å²) in [6, 6.07) is 5.85. The summed E-state index contributed by atoms with van der Waals surface area (Å²) in [5.41, 5.74) is 2.91. The minimum absolute atomic E-state index is 0.520. The molecule has 0 heterocycles. The third-order valence-electron chi connectivity index (χ3n) is 3.04. The van der Waals surface area contributed by atoms with Crippen LogP contribution < -0.4 is 0 Å². The topological polar surface area (TPSA) is 57.5 Å². The van der Waals surface area contributed by atoms with Crippen molar-refractivity contribution in [2.45, 2.75) is 25.9 Å². The van der Waals surface area contributed by atoms with Crippen molar-refractivity contribution in [3.63, 3.8) is 0 Å². The monoisotopic (exact) mass is 206 g/mol. The minimum Gasteiger partial charge on any atom is -0.481 e. The van der Waals surface area contributed by atoms with Gasteiger partial charge in [-0.05, 0) is 30.9 Å². The van der Waals surface area contributed by atoms with E-state index in [0.717, 1.165) is 23.1 Å². The molecule has 0 radical (unpaired) electrons. The lowest BCUT2D eigenvalue weighted by atomic mass is 9.81. The number of carbonyl (C=O) groups is 1. The first-order valence-electron chi connectivity index (χ1n) is 5.10. The third kappa shape index (κ3) is 1.75. The fourth-order valence-electron chi connectivity index (χ4n) is 2.16. The van der Waals surface area contributed by atoms with Gasteiger partial charge < -0.3 is 10.2 Å². The quantitative estimate of drug-likeness (QED) is 0.735. The Bertz CT molecular complexity index is 398. The molecule has 1 aliphatic carbocycles. The average molecular weight is 206 g/mol. The van der Waals surface area contributed by atoms with E-state index >= 15 is 0 Å². The molecule has 2 unspecified atom stereocenters. The number of aliphatic hydroxyl groups excluding tert-OH is 1. The van der Waals surface area contributed by atoms with E-state index in [1.165, 1.54) is 0 Å². The summed E-state index contributed by atoms with van der Waals surface area (Å²) in [5, 5.41) is 18.9. The van der Waals surface area contributed by atoms with Crippen LogP contribution in [0.15, 0.2) is 18.2 Å². The Morgan fingerprint density at radius 1 is 1.47 bits per heavy atom. The molecule has 0 saturated heterocycles. The van der Waals surface area contributed by atoms with Crippen LogP contribution in [0.5, 0.6) is 0 Å². The fourth-order valence-corrected chi connectivity index (χ4v) is 2.16. The molecular weight excluding hydrogens is 192 g/mol. The van der Waals surface area contributed by atoms with Crippen LogP contribution in [0, 0.1) is 12.8 Å². The van der Waals surface area contributed by atoms with Crippen LogP contribution in [0.4, 0.5) is 0 Å². The Kier molecular flexibility index (Phi) is 2.49. The first-order valence-corrected chi connectivity index (χ1v) is 5.10. The smallest absolute Gasteiger partial charge is 0.309 e. The molecule has 0 amide bonds. The molecule has 0 aromatic heterocycles. The maximum absolute atomic E-state index is 10.9. The van der Waals surface area contributed by atoms with Gasteiger partial charge in [0.15, 0.2) is 0 Å². The molecule has 0 bridgehead atoms. The first kappa shape index (κ1) is 10.2. The van der Waals surface area contributed by atoms with E-state index in [2.05, 4.69) is 0 Å². The van der Waals surface area contributed by atoms with E-state index in [4.69, 9.17) is 5.11 Å². The highest BCUT2D eigenvalue weighted by atomic mass is 16.4. The van der Waals surface area contributed by atoms with Crippen molar-refractivity contribution in [2.24, 2.45) is 5.92 Å². The van der Waals surface area contributed by atoms with Gasteiger partial charge in [0.05, 0.1) is 12.0 Å². The Labute approximate surface area is 88.4 Å². The van der Waals surface area contributed by atoms with Crippen LogP contribution >= 0.6 is 0 Å². The number of benzene rings is 1. The molecule has 3 heteroatoms. The molecule has 3 nitrogen and oxygen atoms in total. The number of rotatable bonds is 1. The van der Waals surface area contributed by atoms with Gasteiger partial charge in [0.1, 0.15) is 0 Å². The van der Waals surface area contributed by atoms with Crippen LogP contribution in [0.1, 0.15) is 29.2 Å². The van der Waals surface area contributed by atoms with Gasteiger partial charge in [-0.1, -0.05) is 23.8 Å². The molecule has 2 rings (SSSR count). The number of aliphatic carboxylic acids is 1. The van der Waals surface area contributed by atoms with Crippen molar-refractivity contribution in [3.05, 3.63) is 34.9 Å². The zero-order valence-corrected chi connectivity index (χ0v) is 8.60. The van der Waals surface area contributed by atoms with E-state index in [-0.39, 0.29) is 0 Å². The molecule has 1 aromatic rings. The number of hydrogen-bond acceptors (Lipinski definition) is 2. The summed E-state index contributed by atoms with van der Waals surface area (Å²) in [6.45, 7) is 1.94. The van der Waals surface area contributed by atoms with E-state index < -0.39 is 18.0 Å². The summed E-state index contributed by atoms with van der Waals surface area (Å²) >= 11 is 0. The number of carboxylic acids is 1. The molecular formula is C12H14O3. The highest BCUT2D eigenvalue weighted by Gasteiger charge is 2.32. The standard InChI is InChI=1S/C12H14O3/c1-7-2-3-8-4-5-9(12(14)15)11(13)10(8)6-7/h2-3,6,9,11,13H,4-5H2,1H3,(H,14,15). The van der Waals surface area contributed by atoms with Gasteiger partial charge >= 0.3 is 5.97 Å². The molecule has 1 aromatic carbocycles. The number of fused-ring (bicyclic) bond motifs is 1. The normalized spacial score (nSPS) is 24.7. The van der Waals surface area contributed by atoms with Crippen molar-refractivity contribution in [1.82, 2.24) is 0 Å². The van der Waals surface area contributed by atoms with Gasteiger partial charge in [-0.25, -0.2) is 0 Å². The lowest BCUT2D eigenvalue weighted by Gasteiger charge is -2.27. The Morgan fingerprint density at radius 3 is 2.87 bits per heavy atom. The third-order valence-corrected chi connectivity index (χ3v) is 3.04. The average Bonchev–Trinajstić information content (AvgIpc) is 2.19. The van der Waals surface area contributed by atoms with Crippen LogP contribution in [-0.2, 0) is 11.2 Å². The molecule has 0 aliphatic heterocycles. The Balaban J connectivity index is 2.40. The van der Waals surface area contributed by atoms with Crippen molar-refractivity contribution in [3.8, 4) is 0 Å². The number of aryl methyl sites for hydroxylation is 2. The summed E-state index contributed by atoms with van der Waals surface area (Å²) in [4.78, 5) is 10.9. The molecule has 2 N–H and O–H groups in total. The van der Waals surface area contributed by atoms with Crippen LogP contribution in [0.25, 0.3) is 0 Å². The predicted octanol–water partition coefficient (Wildman–Crippen LogP) is 1.68. The van der Waals surface area contributed by atoms with E-state index in [0.29, 0.717) is 6.42 Å². The highest BCUT2D eigenvalue weighted by molar-refractivity contribution is 5.71. The molecule has 80 valence electrons. The number of aliphatic hydroxyl groups is 1. The second-order valence-electron chi connectivity index (χ2n) is 4.13. The summed E-state index contributed by atoms with van der Waals surface area (Å²) < 4.78 is 0. The van der Waals surface area contributed by atoms with Gasteiger partial charge in [-0.3, -0.25) is 4.79 Å². The number of carboxylic acid groups (broad SMARTS) is 1. The van der Waals surface area contributed by atoms with Gasteiger partial charge in [0.2, 0.25) is 0 Å². The fraction of sp³-hybridized carbons (Fsp3) is 0.417. The lowest BCUT2D eigenvalue weighted by molar-refractivity contribution is -0.146. The molecule has 0 spiro atoms. The number of hydrogen-bond donors (Lipinski definition) is 2. The molecule has 0 fully saturated rings. The van der Waals surface area contributed by atoms with Crippen molar-refractivity contribution in [1.29, 1.82) is 0 Å². The Morgan fingerprint density at radius 2 is 2.20 bits per heavy atom. The zero-order valence-electron chi connectivity index (χ0n) is 8.60. The zero-order chi connectivity index (χ0) is 11.0. The van der Waals surface area contributed by atoms with Gasteiger partial charge in [-0.15, -0.1) is 0 Å². The second kappa shape index (κ2) is 3.66. The maximum atomic E-state index is 10.9. The van der Waals surface area contributed by atoms with E-state index in [1.807, 2.05) is 25.1 Å². The van der Waals surface area contributed by atoms with Crippen LogP contribution in [-0.4, -0.2) is 16.2 Å². The van der Waals surface area contributed by atoms with E-state index in [1.54, 1.807) is 0 Å². The molecule has 0 saturated carbocycles. The summed E-state index contributed by atoms with van der Waals surface area (Å²) in [7, 11) is 0. The van der Waals surface area contributed by atoms with Gasteiger partial charge in [0.25, 0.3) is 0 Å². The van der Waals surface area contributed by atoms with Crippen molar-refractivity contribution < 1.29 is 15.0 Å². The Hall–Kier alpha value is -1.35. The van der Waals surface area contributed by atoms with E-state index in [9.17, 15) is 9.90 Å². The largest absolute Gasteiger partial charge is 0.481 e. The van der Waals surface area contributed by atoms with Crippen LogP contribution in [0.2, 0.25) is 0 Å². The van der Waals surface area contributed by atoms with Gasteiger partial charge in [0, 0.05) is 0 Å². The SMILES string of the molecule is Cc1ccc2c(c1)C(O)C(C(=O)O)CC2. The lowest BCUT2D eigenvalue weighted by Crippen LogP contribution is -2.27. The molecule has 1 aliphatic rings. The van der Waals surface area contributed by atoms with Crippen molar-refractivity contribution in [2.75, 3.05) is 0 Å². The van der Waals surface area contributed by atoms with Crippen molar-refractivity contribution >= 4 is 5.97 Å². The second-order valence-corrected chi connectivity index (χ2v) is 4.13. The molecule has 15 heavy (non-hydrogen) atoms.